The number of carbonyl (C=O) groups is 3. The van der Waals surface area contributed by atoms with E-state index in [1.54, 1.807) is 0 Å². The van der Waals surface area contributed by atoms with E-state index < -0.39 is 30.4 Å². The predicted molar refractivity (Wildman–Crippen MR) is 171 cm³/mol. The molecule has 1 fully saturated rings. The second-order valence-corrected chi connectivity index (χ2v) is 12.6. The second-order valence-electron chi connectivity index (χ2n) is 12.6. The fourth-order valence-corrected chi connectivity index (χ4v) is 6.90. The average Bonchev–Trinajstić information content (AvgIpc) is 3.04. The van der Waals surface area contributed by atoms with Crippen LogP contribution in [-0.2, 0) is 64.1 Å². The number of fused-ring (bicyclic) bond motifs is 6. The molecule has 0 N–H and O–H groups in total. The van der Waals surface area contributed by atoms with E-state index >= 15 is 0 Å². The van der Waals surface area contributed by atoms with Crippen molar-refractivity contribution in [3.63, 3.8) is 0 Å². The standard InChI is InChI=1S/C38H38O8/c39-36-12-5-6-15-42-46-35-23-31-19-27-11-4-3-10-26(27)18-30(31)22-34(35)45-38(41)14-7-13-37(40)44-33-21-29-17-25-9-2-1-8-24(25)16-28(29)20-32(33)43-36/h1-4,8-11,16-19,32-35H,5-7,12-15,20-23H2. The van der Waals surface area contributed by atoms with Crippen LogP contribution in [0.2, 0.25) is 0 Å². The largest absolute Gasteiger partial charge is 0.459 e. The molecule has 0 saturated carbocycles. The first kappa shape index (κ1) is 30.4. The van der Waals surface area contributed by atoms with Crippen molar-refractivity contribution < 1.29 is 38.4 Å². The highest BCUT2D eigenvalue weighted by Crippen LogP contribution is 2.32. The zero-order valence-electron chi connectivity index (χ0n) is 25.8. The van der Waals surface area contributed by atoms with Crippen LogP contribution in [0.5, 0.6) is 0 Å². The molecule has 8 heteroatoms. The molecule has 4 unspecified atom stereocenters. The zero-order valence-corrected chi connectivity index (χ0v) is 25.8. The molecule has 4 aromatic carbocycles. The molecule has 0 aromatic heterocycles. The van der Waals surface area contributed by atoms with Crippen LogP contribution in [0.15, 0.2) is 72.8 Å². The lowest BCUT2D eigenvalue weighted by Gasteiger charge is -2.32. The van der Waals surface area contributed by atoms with Gasteiger partial charge in [0.05, 0.1) is 6.61 Å². The molecule has 2 aliphatic carbocycles. The SMILES string of the molecule is O=C1CCCC(=O)OC2Cc3cc4ccccc4cc3CC2OC(=O)CCCCOOC2Cc3cc4ccccc4cc3CC2O1. The lowest BCUT2D eigenvalue weighted by atomic mass is 9.85. The molecule has 0 spiro atoms. The minimum atomic E-state index is -0.602. The number of hydrogen-bond acceptors (Lipinski definition) is 8. The number of hydrogen-bond donors (Lipinski definition) is 0. The van der Waals surface area contributed by atoms with E-state index in [0.717, 1.165) is 43.8 Å². The number of carbonyl (C=O) groups excluding carboxylic acids is 3. The molecule has 1 saturated heterocycles. The van der Waals surface area contributed by atoms with Crippen LogP contribution in [0.3, 0.4) is 0 Å². The van der Waals surface area contributed by atoms with Gasteiger partial charge < -0.3 is 14.2 Å². The molecule has 0 radical (unpaired) electrons. The van der Waals surface area contributed by atoms with E-state index in [0.29, 0.717) is 45.1 Å². The van der Waals surface area contributed by atoms with Gasteiger partial charge in [-0.2, -0.15) is 0 Å². The molecular formula is C38H38O8. The lowest BCUT2D eigenvalue weighted by molar-refractivity contribution is -0.339. The Bertz CT molecular complexity index is 1760. The number of rotatable bonds is 0. The van der Waals surface area contributed by atoms with Crippen LogP contribution in [-0.4, -0.2) is 48.9 Å². The van der Waals surface area contributed by atoms with Crippen molar-refractivity contribution in [1.29, 1.82) is 0 Å². The Morgan fingerprint density at radius 2 is 0.826 bits per heavy atom. The highest BCUT2D eigenvalue weighted by Gasteiger charge is 2.36. The van der Waals surface area contributed by atoms with Gasteiger partial charge in [0, 0.05) is 44.9 Å². The Kier molecular flexibility index (Phi) is 8.99. The van der Waals surface area contributed by atoms with Gasteiger partial charge >= 0.3 is 17.9 Å². The van der Waals surface area contributed by atoms with Crippen molar-refractivity contribution in [2.75, 3.05) is 6.61 Å². The summed E-state index contributed by atoms with van der Waals surface area (Å²) in [6.07, 6.45) is 1.55. The summed E-state index contributed by atoms with van der Waals surface area (Å²) in [4.78, 5) is 50.4. The number of esters is 3. The fraction of sp³-hybridized carbons (Fsp3) is 0.395. The molecule has 1 aliphatic heterocycles. The smallest absolute Gasteiger partial charge is 0.306 e. The van der Waals surface area contributed by atoms with E-state index in [1.807, 2.05) is 24.3 Å². The van der Waals surface area contributed by atoms with Gasteiger partial charge in [-0.3, -0.25) is 14.4 Å². The molecule has 3 aliphatic rings. The van der Waals surface area contributed by atoms with Crippen molar-refractivity contribution in [1.82, 2.24) is 0 Å². The first-order chi connectivity index (χ1) is 22.5. The molecule has 1 heterocycles. The van der Waals surface area contributed by atoms with Crippen molar-refractivity contribution in [3.05, 3.63) is 95.1 Å². The highest BCUT2D eigenvalue weighted by atomic mass is 17.2. The molecule has 7 rings (SSSR count). The van der Waals surface area contributed by atoms with Crippen molar-refractivity contribution >= 4 is 39.5 Å². The van der Waals surface area contributed by atoms with Gasteiger partial charge in [-0.15, -0.1) is 0 Å². The van der Waals surface area contributed by atoms with Crippen LogP contribution in [0, 0.1) is 0 Å². The summed E-state index contributed by atoms with van der Waals surface area (Å²) < 4.78 is 17.8. The topological polar surface area (TPSA) is 97.4 Å². The summed E-state index contributed by atoms with van der Waals surface area (Å²) in [5.41, 5.74) is 4.43. The fourth-order valence-electron chi connectivity index (χ4n) is 6.90. The Labute approximate surface area is 267 Å². The summed E-state index contributed by atoms with van der Waals surface area (Å²) in [6, 6.07) is 24.9. The van der Waals surface area contributed by atoms with Gasteiger partial charge in [0.25, 0.3) is 0 Å². The Balaban J connectivity index is 1.05. The summed E-state index contributed by atoms with van der Waals surface area (Å²) >= 11 is 0. The molecule has 4 aromatic rings. The summed E-state index contributed by atoms with van der Waals surface area (Å²) in [5, 5.41) is 4.50. The third kappa shape index (κ3) is 6.93. The first-order valence-corrected chi connectivity index (χ1v) is 16.4. The Hall–Kier alpha value is -4.27. The zero-order chi connectivity index (χ0) is 31.5. The monoisotopic (exact) mass is 622 g/mol. The lowest BCUT2D eigenvalue weighted by Crippen LogP contribution is -2.41. The van der Waals surface area contributed by atoms with Crippen LogP contribution in [0.4, 0.5) is 0 Å². The molecule has 238 valence electrons. The van der Waals surface area contributed by atoms with Gasteiger partial charge in [0.15, 0.2) is 0 Å². The van der Waals surface area contributed by atoms with Gasteiger partial charge in [-0.25, -0.2) is 9.78 Å². The van der Waals surface area contributed by atoms with Crippen molar-refractivity contribution in [2.24, 2.45) is 0 Å². The molecule has 8 nitrogen and oxygen atoms in total. The molecule has 0 bridgehead atoms. The van der Waals surface area contributed by atoms with Gasteiger partial charge in [-0.05, 0) is 63.1 Å². The number of benzene rings is 4. The van der Waals surface area contributed by atoms with Crippen LogP contribution in [0.25, 0.3) is 21.5 Å². The maximum atomic E-state index is 13.0. The molecular weight excluding hydrogens is 584 g/mol. The summed E-state index contributed by atoms with van der Waals surface area (Å²) in [7, 11) is 0. The maximum absolute atomic E-state index is 13.0. The Morgan fingerprint density at radius 1 is 0.457 bits per heavy atom. The van der Waals surface area contributed by atoms with E-state index in [-0.39, 0.29) is 37.6 Å². The third-order valence-corrected chi connectivity index (χ3v) is 9.31. The average molecular weight is 623 g/mol. The summed E-state index contributed by atoms with van der Waals surface area (Å²) in [5.74, 6) is -1.14. The molecule has 0 amide bonds. The normalized spacial score (nSPS) is 24.9. The molecule has 46 heavy (non-hydrogen) atoms. The van der Waals surface area contributed by atoms with E-state index in [2.05, 4.69) is 48.5 Å². The van der Waals surface area contributed by atoms with Crippen LogP contribution < -0.4 is 0 Å². The second kappa shape index (κ2) is 13.6. The van der Waals surface area contributed by atoms with Gasteiger partial charge in [-0.1, -0.05) is 72.8 Å². The van der Waals surface area contributed by atoms with E-state index in [4.69, 9.17) is 24.0 Å². The first-order valence-electron chi connectivity index (χ1n) is 16.4. The van der Waals surface area contributed by atoms with Crippen molar-refractivity contribution in [3.8, 4) is 0 Å². The number of ether oxygens (including phenoxy) is 3. The van der Waals surface area contributed by atoms with Gasteiger partial charge in [0.2, 0.25) is 0 Å². The molecule has 4 atom stereocenters. The Morgan fingerprint density at radius 3 is 1.26 bits per heavy atom. The van der Waals surface area contributed by atoms with E-state index in [9.17, 15) is 14.4 Å². The summed E-state index contributed by atoms with van der Waals surface area (Å²) in [6.45, 7) is 0.291. The van der Waals surface area contributed by atoms with Gasteiger partial charge in [0.1, 0.15) is 24.4 Å². The minimum Gasteiger partial charge on any atom is -0.459 e. The minimum absolute atomic E-state index is 0.0549. The van der Waals surface area contributed by atoms with Crippen LogP contribution in [0.1, 0.15) is 60.8 Å². The third-order valence-electron chi connectivity index (χ3n) is 9.31. The van der Waals surface area contributed by atoms with Crippen molar-refractivity contribution in [2.45, 2.75) is 88.6 Å². The predicted octanol–water partition coefficient (Wildman–Crippen LogP) is 6.30. The van der Waals surface area contributed by atoms with Crippen LogP contribution >= 0.6 is 0 Å². The van der Waals surface area contributed by atoms with E-state index in [1.165, 1.54) is 0 Å². The maximum Gasteiger partial charge on any atom is 0.306 e. The highest BCUT2D eigenvalue weighted by molar-refractivity contribution is 5.85. The quantitative estimate of drug-likeness (QED) is 0.128.